The number of esters is 1. The van der Waals surface area contributed by atoms with Crippen LogP contribution in [-0.2, 0) is 22.6 Å². The number of rotatable bonds is 7. The minimum atomic E-state index is -0.0787. The number of likely N-dealkylation sites (tertiary alicyclic amines) is 1. The molecule has 146 valence electrons. The average Bonchev–Trinajstić information content (AvgIpc) is 3.02. The first-order valence-corrected chi connectivity index (χ1v) is 10.8. The summed E-state index contributed by atoms with van der Waals surface area (Å²) in [5.74, 6) is 0.551. The molecule has 0 spiro atoms. The summed E-state index contributed by atoms with van der Waals surface area (Å²) in [6.45, 7) is 4.51. The van der Waals surface area contributed by atoms with Gasteiger partial charge in [-0.05, 0) is 55.9 Å². The van der Waals surface area contributed by atoms with Crippen molar-refractivity contribution >= 4 is 29.9 Å². The first kappa shape index (κ1) is 20.1. The van der Waals surface area contributed by atoms with Crippen LogP contribution in [0.3, 0.4) is 0 Å². The van der Waals surface area contributed by atoms with Crippen LogP contribution in [0.2, 0.25) is 0 Å². The summed E-state index contributed by atoms with van der Waals surface area (Å²) in [7, 11) is 0. The summed E-state index contributed by atoms with van der Waals surface area (Å²) in [5, 5.41) is 4.53. The number of ether oxygens (including phenoxy) is 1. The molecule has 1 saturated heterocycles. The minimum absolute atomic E-state index is 0.00583. The van der Waals surface area contributed by atoms with Crippen LogP contribution in [0.4, 0.5) is 0 Å². The fourth-order valence-electron chi connectivity index (χ4n) is 3.19. The van der Waals surface area contributed by atoms with Gasteiger partial charge in [-0.25, -0.2) is 4.68 Å². The maximum atomic E-state index is 11.8. The minimum Gasteiger partial charge on any atom is -0.466 e. The largest absolute Gasteiger partial charge is 0.466 e. The molecule has 1 aliphatic rings. The molecule has 1 aromatic heterocycles. The first-order chi connectivity index (χ1) is 13.1. The standard InChI is InChI=1S/C19H25N3O3S2/c1-3-24-18(23)15-8-10-21(11-9-15)13-22-19(26)25-17(20-22)12-14-4-6-16(27-2)7-5-14/h4-7,15H,3,8-13H2,1-2H3. The Morgan fingerprint density at radius 2 is 2.04 bits per heavy atom. The second-order valence-corrected chi connectivity index (χ2v) is 7.80. The Morgan fingerprint density at radius 1 is 1.33 bits per heavy atom. The van der Waals surface area contributed by atoms with Crippen molar-refractivity contribution in [1.29, 1.82) is 0 Å². The van der Waals surface area contributed by atoms with Gasteiger partial charge < -0.3 is 9.15 Å². The van der Waals surface area contributed by atoms with Gasteiger partial charge in [-0.3, -0.25) is 9.69 Å². The molecule has 0 bridgehead atoms. The van der Waals surface area contributed by atoms with Crippen molar-refractivity contribution in [1.82, 2.24) is 14.7 Å². The quantitative estimate of drug-likeness (QED) is 0.393. The summed E-state index contributed by atoms with van der Waals surface area (Å²) in [6.07, 6.45) is 4.29. The van der Waals surface area contributed by atoms with Crippen LogP contribution in [0.15, 0.2) is 33.6 Å². The third kappa shape index (κ3) is 5.43. The number of carbonyl (C=O) groups is 1. The van der Waals surface area contributed by atoms with E-state index in [2.05, 4.69) is 40.5 Å². The lowest BCUT2D eigenvalue weighted by molar-refractivity contribution is -0.149. The normalized spacial score (nSPS) is 15.8. The summed E-state index contributed by atoms with van der Waals surface area (Å²) < 4.78 is 12.5. The second kappa shape index (κ2) is 9.52. The van der Waals surface area contributed by atoms with Crippen LogP contribution >= 0.6 is 24.0 Å². The van der Waals surface area contributed by atoms with E-state index in [1.54, 1.807) is 16.4 Å². The lowest BCUT2D eigenvalue weighted by atomic mass is 9.97. The number of thioether (sulfide) groups is 1. The third-order valence-electron chi connectivity index (χ3n) is 4.70. The lowest BCUT2D eigenvalue weighted by Crippen LogP contribution is -2.38. The molecule has 2 heterocycles. The molecule has 1 aliphatic heterocycles. The SMILES string of the molecule is CCOC(=O)C1CCN(Cn2nc(Cc3ccc(SC)cc3)oc2=S)CC1. The van der Waals surface area contributed by atoms with Crippen LogP contribution < -0.4 is 0 Å². The van der Waals surface area contributed by atoms with Crippen molar-refractivity contribution in [3.05, 3.63) is 40.6 Å². The molecule has 0 saturated carbocycles. The monoisotopic (exact) mass is 407 g/mol. The molecule has 0 atom stereocenters. The molecule has 0 aliphatic carbocycles. The van der Waals surface area contributed by atoms with E-state index in [0.29, 0.717) is 30.4 Å². The zero-order chi connectivity index (χ0) is 19.2. The highest BCUT2D eigenvalue weighted by atomic mass is 32.2. The van der Waals surface area contributed by atoms with E-state index in [1.165, 1.54) is 4.90 Å². The van der Waals surface area contributed by atoms with Gasteiger partial charge in [-0.1, -0.05) is 12.1 Å². The van der Waals surface area contributed by atoms with Gasteiger partial charge in [-0.2, -0.15) is 0 Å². The Labute approximate surface area is 168 Å². The molecule has 0 radical (unpaired) electrons. The van der Waals surface area contributed by atoms with Crippen LogP contribution in [0.5, 0.6) is 0 Å². The average molecular weight is 408 g/mol. The molecule has 0 N–H and O–H groups in total. The van der Waals surface area contributed by atoms with E-state index >= 15 is 0 Å². The van der Waals surface area contributed by atoms with Gasteiger partial charge in [0, 0.05) is 18.0 Å². The van der Waals surface area contributed by atoms with Crippen molar-refractivity contribution in [3.63, 3.8) is 0 Å². The predicted molar refractivity (Wildman–Crippen MR) is 107 cm³/mol. The fourth-order valence-corrected chi connectivity index (χ4v) is 3.79. The summed E-state index contributed by atoms with van der Waals surface area (Å²) in [4.78, 5) is 15.7. The van der Waals surface area contributed by atoms with E-state index in [1.807, 2.05) is 6.92 Å². The number of hydrogen-bond acceptors (Lipinski definition) is 7. The van der Waals surface area contributed by atoms with Gasteiger partial charge in [0.05, 0.1) is 25.6 Å². The molecule has 0 unspecified atom stereocenters. The molecule has 6 nitrogen and oxygen atoms in total. The molecule has 8 heteroatoms. The van der Waals surface area contributed by atoms with Crippen molar-refractivity contribution in [2.75, 3.05) is 26.0 Å². The van der Waals surface area contributed by atoms with Crippen molar-refractivity contribution in [2.24, 2.45) is 5.92 Å². The molecule has 3 rings (SSSR count). The van der Waals surface area contributed by atoms with Gasteiger partial charge in [0.1, 0.15) is 0 Å². The third-order valence-corrected chi connectivity index (χ3v) is 5.74. The van der Waals surface area contributed by atoms with E-state index in [-0.39, 0.29) is 11.9 Å². The Balaban J connectivity index is 1.55. The van der Waals surface area contributed by atoms with Crippen molar-refractivity contribution in [3.8, 4) is 0 Å². The Bertz CT molecular complexity index is 808. The highest BCUT2D eigenvalue weighted by Gasteiger charge is 2.26. The Hall–Kier alpha value is -1.64. The highest BCUT2D eigenvalue weighted by molar-refractivity contribution is 7.98. The van der Waals surface area contributed by atoms with Gasteiger partial charge in [-0.15, -0.1) is 16.9 Å². The van der Waals surface area contributed by atoms with Gasteiger partial charge in [0.15, 0.2) is 0 Å². The molecule has 1 fully saturated rings. The van der Waals surface area contributed by atoms with Crippen LogP contribution in [0.1, 0.15) is 31.2 Å². The summed E-state index contributed by atoms with van der Waals surface area (Å²) >= 11 is 7.05. The van der Waals surface area contributed by atoms with E-state index in [0.717, 1.165) is 31.5 Å². The highest BCUT2D eigenvalue weighted by Crippen LogP contribution is 2.20. The number of aromatic nitrogens is 2. The molecular weight excluding hydrogens is 382 g/mol. The maximum absolute atomic E-state index is 11.8. The zero-order valence-corrected chi connectivity index (χ0v) is 17.4. The van der Waals surface area contributed by atoms with E-state index in [4.69, 9.17) is 21.4 Å². The topological polar surface area (TPSA) is 60.5 Å². The smallest absolute Gasteiger partial charge is 0.309 e. The van der Waals surface area contributed by atoms with Crippen molar-refractivity contribution < 1.29 is 13.9 Å². The number of benzene rings is 1. The Kier molecular flexibility index (Phi) is 7.09. The lowest BCUT2D eigenvalue weighted by Gasteiger charge is -2.30. The molecule has 27 heavy (non-hydrogen) atoms. The summed E-state index contributed by atoms with van der Waals surface area (Å²) in [5.41, 5.74) is 1.14. The predicted octanol–water partition coefficient (Wildman–Crippen LogP) is 3.75. The molecule has 0 amide bonds. The van der Waals surface area contributed by atoms with Gasteiger partial charge in [0.2, 0.25) is 5.89 Å². The van der Waals surface area contributed by atoms with Crippen LogP contribution in [0.25, 0.3) is 0 Å². The molecular formula is C19H25N3O3S2. The molecule has 2 aromatic rings. The van der Waals surface area contributed by atoms with Crippen LogP contribution in [0, 0.1) is 10.8 Å². The van der Waals surface area contributed by atoms with Crippen LogP contribution in [-0.4, -0.2) is 46.6 Å². The van der Waals surface area contributed by atoms with Gasteiger partial charge >= 0.3 is 5.97 Å². The molecule has 1 aromatic carbocycles. The van der Waals surface area contributed by atoms with Crippen molar-refractivity contribution in [2.45, 2.75) is 37.8 Å². The number of carbonyl (C=O) groups excluding carboxylic acids is 1. The second-order valence-electron chi connectivity index (χ2n) is 6.57. The number of nitrogens with zero attached hydrogens (tertiary/aromatic N) is 3. The number of piperidine rings is 1. The zero-order valence-electron chi connectivity index (χ0n) is 15.7. The van der Waals surface area contributed by atoms with Gasteiger partial charge in [0.25, 0.3) is 4.84 Å². The first-order valence-electron chi connectivity index (χ1n) is 9.17. The van der Waals surface area contributed by atoms with E-state index < -0.39 is 0 Å². The summed E-state index contributed by atoms with van der Waals surface area (Å²) in [6, 6.07) is 8.37. The Morgan fingerprint density at radius 3 is 2.67 bits per heavy atom. The maximum Gasteiger partial charge on any atom is 0.309 e. The van der Waals surface area contributed by atoms with E-state index in [9.17, 15) is 4.79 Å². The fraction of sp³-hybridized carbons (Fsp3) is 0.526. The number of hydrogen-bond donors (Lipinski definition) is 0.